The van der Waals surface area contributed by atoms with Gasteiger partial charge in [-0.3, -0.25) is 4.79 Å². The molecule has 1 aromatic heterocycles. The van der Waals surface area contributed by atoms with Crippen LogP contribution in [-0.2, 0) is 11.3 Å². The maximum absolute atomic E-state index is 10.4. The number of nitrogens with zero attached hydrogens (tertiary/aromatic N) is 2. The molecule has 0 bridgehead atoms. The average Bonchev–Trinajstić information content (AvgIpc) is 2.60. The Hall–Kier alpha value is -1.52. The number of aliphatic carboxylic acids is 1. The van der Waals surface area contributed by atoms with Crippen LogP contribution in [0.15, 0.2) is 12.4 Å². The van der Waals surface area contributed by atoms with Crippen molar-refractivity contribution in [1.29, 1.82) is 0 Å². The zero-order valence-electron chi connectivity index (χ0n) is 9.10. The summed E-state index contributed by atoms with van der Waals surface area (Å²) in [4.78, 5) is 14.6. The number of anilines is 1. The summed E-state index contributed by atoms with van der Waals surface area (Å²) >= 11 is 0. The van der Waals surface area contributed by atoms with E-state index < -0.39 is 5.97 Å². The van der Waals surface area contributed by atoms with Crippen LogP contribution in [0.4, 0.5) is 5.95 Å². The highest BCUT2D eigenvalue weighted by Gasteiger charge is 2.08. The molecule has 0 fully saturated rings. The molecule has 0 aliphatic rings. The highest BCUT2D eigenvalue weighted by molar-refractivity contribution is 5.67. The number of nitrogens with one attached hydrogen (secondary N) is 1. The van der Waals surface area contributed by atoms with E-state index in [2.05, 4.69) is 10.3 Å². The number of carboxylic acid groups (broad SMARTS) is 1. The highest BCUT2D eigenvalue weighted by atomic mass is 16.4. The van der Waals surface area contributed by atoms with Gasteiger partial charge in [0.2, 0.25) is 5.95 Å². The van der Waals surface area contributed by atoms with Crippen LogP contribution >= 0.6 is 0 Å². The van der Waals surface area contributed by atoms with Gasteiger partial charge in [0, 0.05) is 31.9 Å². The number of carbonyl (C=O) groups is 1. The van der Waals surface area contributed by atoms with Gasteiger partial charge in [0.15, 0.2) is 0 Å². The minimum atomic E-state index is -0.761. The molecule has 0 radical (unpaired) electrons. The molecule has 1 heterocycles. The molecule has 84 valence electrons. The number of aryl methyl sites for hydroxylation is 1. The Morgan fingerprint density at radius 1 is 1.73 bits per heavy atom. The fraction of sp³-hybridized carbons (Fsp3) is 0.600. The van der Waals surface area contributed by atoms with Crippen molar-refractivity contribution in [2.24, 2.45) is 5.92 Å². The zero-order valence-corrected chi connectivity index (χ0v) is 9.10. The van der Waals surface area contributed by atoms with E-state index in [1.165, 1.54) is 0 Å². The van der Waals surface area contributed by atoms with E-state index in [0.29, 0.717) is 6.54 Å². The minimum Gasteiger partial charge on any atom is -0.481 e. The van der Waals surface area contributed by atoms with Gasteiger partial charge in [0.05, 0.1) is 0 Å². The van der Waals surface area contributed by atoms with Gasteiger partial charge < -0.3 is 15.0 Å². The molecular weight excluding hydrogens is 194 g/mol. The van der Waals surface area contributed by atoms with Crippen molar-refractivity contribution >= 4 is 11.9 Å². The fourth-order valence-electron chi connectivity index (χ4n) is 1.37. The van der Waals surface area contributed by atoms with Crippen LogP contribution in [0.1, 0.15) is 20.3 Å². The smallest absolute Gasteiger partial charge is 0.303 e. The van der Waals surface area contributed by atoms with Crippen LogP contribution in [-0.4, -0.2) is 27.2 Å². The standard InChI is InChI=1S/C10H17N3O2/c1-3-13-5-4-11-10(13)12-7-8(2)6-9(14)15/h4-5,8H,3,6-7H2,1-2H3,(H,11,12)(H,14,15). The number of carboxylic acids is 1. The summed E-state index contributed by atoms with van der Waals surface area (Å²) in [5.74, 6) is 0.141. The van der Waals surface area contributed by atoms with Crippen molar-refractivity contribution in [3.8, 4) is 0 Å². The zero-order chi connectivity index (χ0) is 11.3. The first-order valence-electron chi connectivity index (χ1n) is 5.10. The Morgan fingerprint density at radius 3 is 3.07 bits per heavy atom. The third-order valence-corrected chi connectivity index (χ3v) is 2.19. The van der Waals surface area contributed by atoms with E-state index in [0.717, 1.165) is 12.5 Å². The van der Waals surface area contributed by atoms with E-state index in [4.69, 9.17) is 5.11 Å². The quantitative estimate of drug-likeness (QED) is 0.747. The number of imidazole rings is 1. The molecule has 0 aromatic carbocycles. The fourth-order valence-corrected chi connectivity index (χ4v) is 1.37. The van der Waals surface area contributed by atoms with Gasteiger partial charge in [-0.2, -0.15) is 0 Å². The van der Waals surface area contributed by atoms with Crippen LogP contribution in [0.2, 0.25) is 0 Å². The van der Waals surface area contributed by atoms with Gasteiger partial charge in [0.25, 0.3) is 0 Å². The molecule has 0 amide bonds. The maximum atomic E-state index is 10.4. The van der Waals surface area contributed by atoms with Crippen molar-refractivity contribution in [3.63, 3.8) is 0 Å². The summed E-state index contributed by atoms with van der Waals surface area (Å²) in [6, 6.07) is 0. The monoisotopic (exact) mass is 211 g/mol. The summed E-state index contributed by atoms with van der Waals surface area (Å²) in [6.45, 7) is 5.42. The third kappa shape index (κ3) is 3.61. The van der Waals surface area contributed by atoms with Crippen molar-refractivity contribution in [2.45, 2.75) is 26.8 Å². The summed E-state index contributed by atoms with van der Waals surface area (Å²) in [5, 5.41) is 11.7. The number of hydrogen-bond acceptors (Lipinski definition) is 3. The van der Waals surface area contributed by atoms with Gasteiger partial charge >= 0.3 is 5.97 Å². The van der Waals surface area contributed by atoms with Gasteiger partial charge in [-0.25, -0.2) is 4.98 Å². The lowest BCUT2D eigenvalue weighted by atomic mass is 10.1. The Morgan fingerprint density at radius 2 is 2.47 bits per heavy atom. The summed E-state index contributed by atoms with van der Waals surface area (Å²) in [5.41, 5.74) is 0. The Bertz CT molecular complexity index is 322. The van der Waals surface area contributed by atoms with Gasteiger partial charge in [-0.05, 0) is 12.8 Å². The Kier molecular flexibility index (Phi) is 4.15. The normalized spacial score (nSPS) is 12.4. The first kappa shape index (κ1) is 11.6. The SMILES string of the molecule is CCn1ccnc1NCC(C)CC(=O)O. The molecule has 1 unspecified atom stereocenters. The topological polar surface area (TPSA) is 67.2 Å². The minimum absolute atomic E-state index is 0.101. The van der Waals surface area contributed by atoms with E-state index >= 15 is 0 Å². The molecule has 5 nitrogen and oxygen atoms in total. The second-order valence-electron chi connectivity index (χ2n) is 3.62. The van der Waals surface area contributed by atoms with Crippen molar-refractivity contribution in [2.75, 3.05) is 11.9 Å². The molecule has 0 aliphatic heterocycles. The van der Waals surface area contributed by atoms with Crippen LogP contribution < -0.4 is 5.32 Å². The molecule has 1 rings (SSSR count). The van der Waals surface area contributed by atoms with Gasteiger partial charge in [-0.15, -0.1) is 0 Å². The van der Waals surface area contributed by atoms with Gasteiger partial charge in [-0.1, -0.05) is 6.92 Å². The lowest BCUT2D eigenvalue weighted by molar-refractivity contribution is -0.137. The number of aromatic nitrogens is 2. The van der Waals surface area contributed by atoms with Crippen LogP contribution in [0.3, 0.4) is 0 Å². The molecule has 0 spiro atoms. The summed E-state index contributed by atoms with van der Waals surface area (Å²) in [7, 11) is 0. The largest absolute Gasteiger partial charge is 0.481 e. The lowest BCUT2D eigenvalue weighted by Gasteiger charge is -2.11. The van der Waals surface area contributed by atoms with E-state index in [1.807, 2.05) is 24.6 Å². The maximum Gasteiger partial charge on any atom is 0.303 e. The Labute approximate surface area is 89.1 Å². The second kappa shape index (κ2) is 5.38. The molecule has 2 N–H and O–H groups in total. The van der Waals surface area contributed by atoms with Gasteiger partial charge in [0.1, 0.15) is 0 Å². The molecule has 0 saturated heterocycles. The van der Waals surface area contributed by atoms with Crippen LogP contribution in [0.25, 0.3) is 0 Å². The molecule has 15 heavy (non-hydrogen) atoms. The van der Waals surface area contributed by atoms with E-state index in [9.17, 15) is 4.79 Å². The highest BCUT2D eigenvalue weighted by Crippen LogP contribution is 2.07. The Balaban J connectivity index is 2.39. The second-order valence-corrected chi connectivity index (χ2v) is 3.62. The summed E-state index contributed by atoms with van der Waals surface area (Å²) in [6.07, 6.45) is 3.80. The molecule has 1 atom stereocenters. The molecule has 0 saturated carbocycles. The number of hydrogen-bond donors (Lipinski definition) is 2. The first-order valence-corrected chi connectivity index (χ1v) is 5.10. The van der Waals surface area contributed by atoms with Crippen molar-refractivity contribution < 1.29 is 9.90 Å². The van der Waals surface area contributed by atoms with Crippen LogP contribution in [0, 0.1) is 5.92 Å². The van der Waals surface area contributed by atoms with E-state index in [-0.39, 0.29) is 12.3 Å². The number of rotatable bonds is 6. The molecule has 1 aromatic rings. The van der Waals surface area contributed by atoms with Crippen molar-refractivity contribution in [1.82, 2.24) is 9.55 Å². The summed E-state index contributed by atoms with van der Waals surface area (Å²) < 4.78 is 1.98. The molecular formula is C10H17N3O2. The first-order chi connectivity index (χ1) is 7.13. The predicted molar refractivity (Wildman–Crippen MR) is 57.8 cm³/mol. The predicted octanol–water partition coefficient (Wildman–Crippen LogP) is 1.43. The third-order valence-electron chi connectivity index (χ3n) is 2.19. The molecule has 0 aliphatic carbocycles. The molecule has 5 heteroatoms. The van der Waals surface area contributed by atoms with Crippen molar-refractivity contribution in [3.05, 3.63) is 12.4 Å². The lowest BCUT2D eigenvalue weighted by Crippen LogP contribution is -2.17. The van der Waals surface area contributed by atoms with E-state index in [1.54, 1.807) is 6.20 Å². The average molecular weight is 211 g/mol. The van der Waals surface area contributed by atoms with Crippen LogP contribution in [0.5, 0.6) is 0 Å².